The third-order valence-corrected chi connectivity index (χ3v) is 8.18. The average Bonchev–Trinajstić information content (AvgIpc) is 2.60. The molecule has 2 aromatic carbocycles. The molecule has 28 heavy (non-hydrogen) atoms. The standard InChI is InChI=1S/C26H32O2/c1-3-12-24-13-23(2)14-25(16-24,19-4-8-21(27)9-5-19)18-26(15-23,17-24)20-6-10-22(28)11-7-20/h4-11,27-28H,3,12-18H2,1-2H3. The van der Waals surface area contributed by atoms with Gasteiger partial charge in [0.15, 0.2) is 0 Å². The zero-order valence-electron chi connectivity index (χ0n) is 17.2. The van der Waals surface area contributed by atoms with Gasteiger partial charge in [0.25, 0.3) is 0 Å². The van der Waals surface area contributed by atoms with Crippen LogP contribution in [0.15, 0.2) is 48.5 Å². The van der Waals surface area contributed by atoms with Crippen LogP contribution in [0.25, 0.3) is 0 Å². The largest absolute Gasteiger partial charge is 0.508 e. The lowest BCUT2D eigenvalue weighted by atomic mass is 9.33. The average molecular weight is 377 g/mol. The Morgan fingerprint density at radius 1 is 0.679 bits per heavy atom. The van der Waals surface area contributed by atoms with E-state index in [1.54, 1.807) is 0 Å². The van der Waals surface area contributed by atoms with Crippen LogP contribution in [0.5, 0.6) is 11.5 Å². The van der Waals surface area contributed by atoms with Gasteiger partial charge in [0.2, 0.25) is 0 Å². The first-order chi connectivity index (χ1) is 13.3. The van der Waals surface area contributed by atoms with E-state index in [2.05, 4.69) is 38.1 Å². The Bertz CT molecular complexity index is 818. The van der Waals surface area contributed by atoms with Crippen LogP contribution in [-0.2, 0) is 10.8 Å². The highest BCUT2D eigenvalue weighted by Crippen LogP contribution is 2.75. The fourth-order valence-electron chi connectivity index (χ4n) is 8.41. The normalized spacial score (nSPS) is 38.6. The van der Waals surface area contributed by atoms with E-state index in [1.165, 1.54) is 62.5 Å². The van der Waals surface area contributed by atoms with Gasteiger partial charge in [-0.25, -0.2) is 0 Å². The third-order valence-electron chi connectivity index (χ3n) is 8.18. The Kier molecular flexibility index (Phi) is 3.73. The summed E-state index contributed by atoms with van der Waals surface area (Å²) in [7, 11) is 0. The second-order valence-corrected chi connectivity index (χ2v) is 10.8. The van der Waals surface area contributed by atoms with Gasteiger partial charge in [0, 0.05) is 0 Å². The summed E-state index contributed by atoms with van der Waals surface area (Å²) in [4.78, 5) is 0. The maximum Gasteiger partial charge on any atom is 0.115 e. The van der Waals surface area contributed by atoms with E-state index in [0.717, 1.165) is 0 Å². The van der Waals surface area contributed by atoms with Gasteiger partial charge < -0.3 is 10.2 Å². The maximum absolute atomic E-state index is 9.86. The number of hydrogen-bond donors (Lipinski definition) is 2. The highest BCUT2D eigenvalue weighted by atomic mass is 16.3. The minimum Gasteiger partial charge on any atom is -0.508 e. The van der Waals surface area contributed by atoms with Crippen LogP contribution in [-0.4, -0.2) is 10.2 Å². The second-order valence-electron chi connectivity index (χ2n) is 10.8. The molecule has 0 heterocycles. The minimum absolute atomic E-state index is 0.199. The first-order valence-electron chi connectivity index (χ1n) is 10.9. The summed E-state index contributed by atoms with van der Waals surface area (Å²) in [5.74, 6) is 0.715. The molecule has 148 valence electrons. The van der Waals surface area contributed by atoms with E-state index >= 15 is 0 Å². The Hall–Kier alpha value is -1.96. The number of phenols is 2. The monoisotopic (exact) mass is 376 g/mol. The first-order valence-corrected chi connectivity index (χ1v) is 10.9. The molecule has 2 unspecified atom stereocenters. The van der Waals surface area contributed by atoms with Gasteiger partial charge in [-0.3, -0.25) is 0 Å². The molecule has 0 amide bonds. The van der Waals surface area contributed by atoms with Crippen molar-refractivity contribution in [2.75, 3.05) is 0 Å². The van der Waals surface area contributed by atoms with Gasteiger partial charge in [0.05, 0.1) is 0 Å². The van der Waals surface area contributed by atoms with E-state index in [4.69, 9.17) is 0 Å². The van der Waals surface area contributed by atoms with Gasteiger partial charge >= 0.3 is 0 Å². The molecule has 2 nitrogen and oxygen atoms in total. The molecule has 4 fully saturated rings. The number of benzene rings is 2. The number of phenolic OH excluding ortho intramolecular Hbond substituents is 2. The number of aromatic hydroxyl groups is 2. The van der Waals surface area contributed by atoms with Crippen LogP contribution in [0.3, 0.4) is 0 Å². The molecular weight excluding hydrogens is 344 g/mol. The highest BCUT2D eigenvalue weighted by Gasteiger charge is 2.67. The van der Waals surface area contributed by atoms with Gasteiger partial charge in [-0.1, -0.05) is 44.5 Å². The molecule has 2 atom stereocenters. The third kappa shape index (κ3) is 2.60. The van der Waals surface area contributed by atoms with Crippen molar-refractivity contribution in [3.8, 4) is 11.5 Å². The van der Waals surface area contributed by atoms with Gasteiger partial charge in [-0.2, -0.15) is 0 Å². The molecule has 4 aliphatic rings. The second kappa shape index (κ2) is 5.78. The summed E-state index contributed by atoms with van der Waals surface area (Å²) in [6.45, 7) is 4.86. The van der Waals surface area contributed by atoms with E-state index in [0.29, 0.717) is 22.3 Å². The van der Waals surface area contributed by atoms with E-state index in [1.807, 2.05) is 24.3 Å². The van der Waals surface area contributed by atoms with Crippen molar-refractivity contribution in [3.05, 3.63) is 59.7 Å². The molecule has 0 aliphatic heterocycles. The van der Waals surface area contributed by atoms with E-state index < -0.39 is 0 Å². The van der Waals surface area contributed by atoms with Crippen molar-refractivity contribution in [2.24, 2.45) is 10.8 Å². The first kappa shape index (κ1) is 18.1. The van der Waals surface area contributed by atoms with Crippen molar-refractivity contribution in [2.45, 2.75) is 76.0 Å². The van der Waals surface area contributed by atoms with Crippen LogP contribution < -0.4 is 0 Å². The summed E-state index contributed by atoms with van der Waals surface area (Å²) < 4.78 is 0. The summed E-state index contributed by atoms with van der Waals surface area (Å²) in [6.07, 6.45) is 10.2. The lowest BCUT2D eigenvalue weighted by Crippen LogP contribution is -2.63. The van der Waals surface area contributed by atoms with Gasteiger partial charge in [-0.05, 0) is 102 Å². The minimum atomic E-state index is 0.199. The number of hydrogen-bond acceptors (Lipinski definition) is 2. The van der Waals surface area contributed by atoms with Crippen LogP contribution in [0.4, 0.5) is 0 Å². The zero-order chi connectivity index (χ0) is 19.6. The van der Waals surface area contributed by atoms with Crippen molar-refractivity contribution in [1.82, 2.24) is 0 Å². The van der Waals surface area contributed by atoms with Crippen molar-refractivity contribution in [3.63, 3.8) is 0 Å². The van der Waals surface area contributed by atoms with Crippen molar-refractivity contribution >= 4 is 0 Å². The smallest absolute Gasteiger partial charge is 0.115 e. The molecule has 4 aliphatic carbocycles. The van der Waals surface area contributed by atoms with Crippen LogP contribution >= 0.6 is 0 Å². The lowest BCUT2D eigenvalue weighted by Gasteiger charge is -2.71. The molecule has 2 aromatic rings. The summed E-state index contributed by atoms with van der Waals surface area (Å²) >= 11 is 0. The maximum atomic E-state index is 9.86. The molecule has 0 aromatic heterocycles. The molecule has 4 bridgehead atoms. The Labute approximate surface area is 168 Å². The topological polar surface area (TPSA) is 40.5 Å². The molecule has 2 N–H and O–H groups in total. The molecule has 0 saturated heterocycles. The molecular formula is C26H32O2. The van der Waals surface area contributed by atoms with Gasteiger partial charge in [-0.15, -0.1) is 0 Å². The predicted molar refractivity (Wildman–Crippen MR) is 113 cm³/mol. The molecule has 4 saturated carbocycles. The molecule has 0 radical (unpaired) electrons. The molecule has 6 rings (SSSR count). The highest BCUT2D eigenvalue weighted by molar-refractivity contribution is 5.42. The lowest BCUT2D eigenvalue weighted by molar-refractivity contribution is -0.137. The Morgan fingerprint density at radius 3 is 1.57 bits per heavy atom. The predicted octanol–water partition coefficient (Wildman–Crippen LogP) is 6.45. The fraction of sp³-hybridized carbons (Fsp3) is 0.538. The van der Waals surface area contributed by atoms with Crippen molar-refractivity contribution in [1.29, 1.82) is 0 Å². The van der Waals surface area contributed by atoms with E-state index in [9.17, 15) is 10.2 Å². The van der Waals surface area contributed by atoms with Gasteiger partial charge in [0.1, 0.15) is 11.5 Å². The summed E-state index contributed by atoms with van der Waals surface area (Å²) in [6, 6.07) is 16.2. The van der Waals surface area contributed by atoms with Crippen molar-refractivity contribution < 1.29 is 10.2 Å². The van der Waals surface area contributed by atoms with Crippen LogP contribution in [0.1, 0.15) is 76.3 Å². The SMILES string of the molecule is CCCC12CC3(C)CC(c4ccc(O)cc4)(C1)CC(c1ccc(O)cc1)(C3)C2. The van der Waals surface area contributed by atoms with E-state index in [-0.39, 0.29) is 10.8 Å². The van der Waals surface area contributed by atoms with Crippen LogP contribution in [0.2, 0.25) is 0 Å². The zero-order valence-corrected chi connectivity index (χ0v) is 17.2. The Balaban J connectivity index is 1.68. The quantitative estimate of drug-likeness (QED) is 0.644. The summed E-state index contributed by atoms with van der Waals surface area (Å²) in [5.41, 5.74) is 4.00. The fourth-order valence-corrected chi connectivity index (χ4v) is 8.41. The molecule has 0 spiro atoms. The Morgan fingerprint density at radius 2 is 1.14 bits per heavy atom. The molecule has 2 heteroatoms. The van der Waals surface area contributed by atoms with Crippen LogP contribution in [0, 0.1) is 10.8 Å². The summed E-state index contributed by atoms with van der Waals surface area (Å²) in [5, 5.41) is 19.7. The number of rotatable bonds is 4.